The van der Waals surface area contributed by atoms with Gasteiger partial charge in [0.25, 0.3) is 15.0 Å². The number of carbonyl (C=O) groups excluding carboxylic acids is 2. The first-order chi connectivity index (χ1) is 13.3. The van der Waals surface area contributed by atoms with Crippen LogP contribution in [0.15, 0.2) is 59.5 Å². The van der Waals surface area contributed by atoms with Crippen LogP contribution in [0.2, 0.25) is 0 Å². The van der Waals surface area contributed by atoms with Crippen LogP contribution in [-0.2, 0) is 20.3 Å². The van der Waals surface area contributed by atoms with E-state index >= 15 is 0 Å². The third kappa shape index (κ3) is 3.12. The van der Waals surface area contributed by atoms with Crippen LogP contribution in [0.3, 0.4) is 0 Å². The van der Waals surface area contributed by atoms with E-state index in [9.17, 15) is 18.0 Å². The lowest BCUT2D eigenvalue weighted by Gasteiger charge is -2.25. The molecule has 4 rings (SSSR count). The number of benzene rings is 3. The van der Waals surface area contributed by atoms with Gasteiger partial charge >= 0.3 is 0 Å². The highest BCUT2D eigenvalue weighted by molar-refractivity contribution is 8.13. The first-order valence-corrected chi connectivity index (χ1v) is 10.6. The zero-order valence-corrected chi connectivity index (χ0v) is 16.3. The molecule has 1 aliphatic rings. The molecule has 2 amide bonds. The van der Waals surface area contributed by atoms with Crippen LogP contribution < -0.4 is 4.74 Å². The molecule has 0 unspecified atom stereocenters. The third-order valence-electron chi connectivity index (χ3n) is 4.66. The van der Waals surface area contributed by atoms with Crippen LogP contribution in [0.4, 0.5) is 0 Å². The number of rotatable bonds is 3. The summed E-state index contributed by atoms with van der Waals surface area (Å²) >= 11 is 0. The minimum atomic E-state index is -3.82. The van der Waals surface area contributed by atoms with Crippen molar-refractivity contribution in [3.8, 4) is 11.5 Å². The highest BCUT2D eigenvalue weighted by Gasteiger charge is 2.30. The Labute approximate surface area is 165 Å². The SMILES string of the molecule is CN1C(=O)Cc2cc(Oc3ccc(S(=O)(=O)Cl)cc3)c3ccccc3c2C1=O. The van der Waals surface area contributed by atoms with E-state index in [-0.39, 0.29) is 23.1 Å². The first kappa shape index (κ1) is 18.5. The lowest BCUT2D eigenvalue weighted by molar-refractivity contribution is -0.127. The first-order valence-electron chi connectivity index (χ1n) is 8.34. The van der Waals surface area contributed by atoms with Gasteiger partial charge in [-0.3, -0.25) is 14.5 Å². The Hall–Kier alpha value is -2.90. The van der Waals surface area contributed by atoms with Crippen LogP contribution in [0.1, 0.15) is 15.9 Å². The van der Waals surface area contributed by atoms with Gasteiger partial charge in [-0.15, -0.1) is 0 Å². The van der Waals surface area contributed by atoms with Gasteiger partial charge in [0.1, 0.15) is 11.5 Å². The van der Waals surface area contributed by atoms with Crippen LogP contribution in [0.25, 0.3) is 10.8 Å². The molecule has 0 radical (unpaired) electrons. The summed E-state index contributed by atoms with van der Waals surface area (Å²) in [7, 11) is 2.98. The monoisotopic (exact) mass is 415 g/mol. The molecule has 3 aromatic rings. The van der Waals surface area contributed by atoms with E-state index < -0.39 is 9.05 Å². The van der Waals surface area contributed by atoms with Gasteiger partial charge in [0.05, 0.1) is 16.9 Å². The van der Waals surface area contributed by atoms with Crippen molar-refractivity contribution in [2.45, 2.75) is 11.3 Å². The van der Waals surface area contributed by atoms with E-state index in [0.29, 0.717) is 33.4 Å². The predicted molar refractivity (Wildman–Crippen MR) is 104 cm³/mol. The normalized spacial score (nSPS) is 14.3. The summed E-state index contributed by atoms with van der Waals surface area (Å²) in [4.78, 5) is 25.8. The van der Waals surface area contributed by atoms with Crippen LogP contribution in [-0.4, -0.2) is 32.2 Å². The topological polar surface area (TPSA) is 80.8 Å². The second kappa shape index (κ2) is 6.61. The Morgan fingerprint density at radius 3 is 2.29 bits per heavy atom. The largest absolute Gasteiger partial charge is 0.457 e. The van der Waals surface area contributed by atoms with Crippen molar-refractivity contribution >= 4 is 42.3 Å². The molecule has 0 aliphatic carbocycles. The molecule has 0 aromatic heterocycles. The number of carbonyl (C=O) groups is 2. The van der Waals surface area contributed by atoms with Gasteiger partial charge in [-0.1, -0.05) is 24.3 Å². The molecule has 0 atom stereocenters. The van der Waals surface area contributed by atoms with E-state index in [1.54, 1.807) is 6.07 Å². The summed E-state index contributed by atoms with van der Waals surface area (Å²) in [6.45, 7) is 0. The number of ether oxygens (including phenoxy) is 1. The summed E-state index contributed by atoms with van der Waals surface area (Å²) in [5, 5.41) is 1.41. The molecule has 0 N–H and O–H groups in total. The van der Waals surface area contributed by atoms with Crippen molar-refractivity contribution < 1.29 is 22.7 Å². The van der Waals surface area contributed by atoms with Gasteiger partial charge in [-0.2, -0.15) is 0 Å². The molecule has 6 nitrogen and oxygen atoms in total. The van der Waals surface area contributed by atoms with E-state index in [4.69, 9.17) is 15.4 Å². The highest BCUT2D eigenvalue weighted by atomic mass is 35.7. The summed E-state index contributed by atoms with van der Waals surface area (Å²) in [6.07, 6.45) is 0.0994. The van der Waals surface area contributed by atoms with E-state index in [0.717, 1.165) is 4.90 Å². The molecule has 0 saturated carbocycles. The number of likely N-dealkylation sites (N-methyl/N-ethyl adjacent to an activating group) is 1. The highest BCUT2D eigenvalue weighted by Crippen LogP contribution is 2.37. The molecule has 3 aromatic carbocycles. The number of halogens is 1. The zero-order valence-electron chi connectivity index (χ0n) is 14.7. The Morgan fingerprint density at radius 2 is 1.64 bits per heavy atom. The maximum absolute atomic E-state index is 12.6. The standard InChI is InChI=1S/C20H14ClNO5S/c1-22-18(23)11-12-10-17(15-4-2-3-5-16(15)19(12)20(22)24)27-13-6-8-14(9-7-13)28(21,25)26/h2-10H,11H2,1H3. The van der Waals surface area contributed by atoms with Crippen molar-refractivity contribution in [3.05, 3.63) is 65.7 Å². The summed E-state index contributed by atoms with van der Waals surface area (Å²) < 4.78 is 28.7. The second-order valence-electron chi connectivity index (χ2n) is 6.40. The molecular weight excluding hydrogens is 402 g/mol. The van der Waals surface area contributed by atoms with Crippen LogP contribution in [0, 0.1) is 0 Å². The Kier molecular flexibility index (Phi) is 4.36. The maximum atomic E-state index is 12.6. The van der Waals surface area contributed by atoms with Crippen molar-refractivity contribution in [3.63, 3.8) is 0 Å². The Bertz CT molecular complexity index is 1240. The van der Waals surface area contributed by atoms with Crippen LogP contribution >= 0.6 is 10.7 Å². The Morgan fingerprint density at radius 1 is 1.00 bits per heavy atom. The Balaban J connectivity index is 1.83. The van der Waals surface area contributed by atoms with Gasteiger partial charge in [-0.05, 0) is 41.3 Å². The number of amides is 2. The minimum Gasteiger partial charge on any atom is -0.457 e. The molecule has 0 saturated heterocycles. The minimum absolute atomic E-state index is 0.0314. The molecule has 0 bridgehead atoms. The number of hydrogen-bond acceptors (Lipinski definition) is 5. The van der Waals surface area contributed by atoms with Gasteiger partial charge in [0.15, 0.2) is 0 Å². The molecule has 1 heterocycles. The van der Waals surface area contributed by atoms with E-state index in [1.807, 2.05) is 24.3 Å². The number of fused-ring (bicyclic) bond motifs is 3. The van der Waals surface area contributed by atoms with E-state index in [2.05, 4.69) is 0 Å². The molecule has 0 fully saturated rings. The number of hydrogen-bond donors (Lipinski definition) is 0. The molecular formula is C20H14ClNO5S. The third-order valence-corrected chi connectivity index (χ3v) is 6.03. The molecule has 28 heavy (non-hydrogen) atoms. The van der Waals surface area contributed by atoms with Crippen molar-refractivity contribution in [1.82, 2.24) is 4.90 Å². The zero-order chi connectivity index (χ0) is 20.1. The maximum Gasteiger partial charge on any atom is 0.261 e. The average Bonchev–Trinajstić information content (AvgIpc) is 2.66. The van der Waals surface area contributed by atoms with Crippen molar-refractivity contribution in [2.75, 3.05) is 7.05 Å². The fourth-order valence-corrected chi connectivity index (χ4v) is 4.00. The van der Waals surface area contributed by atoms with Gasteiger partial charge in [0, 0.05) is 23.1 Å². The lowest BCUT2D eigenvalue weighted by Crippen LogP contribution is -2.39. The summed E-state index contributed by atoms with van der Waals surface area (Å²) in [5.41, 5.74) is 1.09. The lowest BCUT2D eigenvalue weighted by atomic mass is 9.92. The summed E-state index contributed by atoms with van der Waals surface area (Å²) in [5.74, 6) is 0.252. The number of imide groups is 1. The van der Waals surface area contributed by atoms with E-state index in [1.165, 1.54) is 31.3 Å². The predicted octanol–water partition coefficient (Wildman–Crippen LogP) is 3.71. The molecule has 142 valence electrons. The molecule has 8 heteroatoms. The van der Waals surface area contributed by atoms with Gasteiger partial charge in [-0.25, -0.2) is 8.42 Å². The van der Waals surface area contributed by atoms with Crippen LogP contribution in [0.5, 0.6) is 11.5 Å². The quantitative estimate of drug-likeness (QED) is 0.481. The smallest absolute Gasteiger partial charge is 0.261 e. The molecule has 1 aliphatic heterocycles. The van der Waals surface area contributed by atoms with Crippen molar-refractivity contribution in [1.29, 1.82) is 0 Å². The molecule has 0 spiro atoms. The van der Waals surface area contributed by atoms with Gasteiger partial charge < -0.3 is 4.74 Å². The second-order valence-corrected chi connectivity index (χ2v) is 8.97. The average molecular weight is 416 g/mol. The fourth-order valence-electron chi connectivity index (χ4n) is 3.23. The van der Waals surface area contributed by atoms with Gasteiger partial charge in [0.2, 0.25) is 5.91 Å². The fraction of sp³-hybridized carbons (Fsp3) is 0.100. The number of nitrogens with zero attached hydrogens (tertiary/aromatic N) is 1. The van der Waals surface area contributed by atoms with Crippen molar-refractivity contribution in [2.24, 2.45) is 0 Å². The summed E-state index contributed by atoms with van der Waals surface area (Å²) in [6, 6.07) is 14.6.